The summed E-state index contributed by atoms with van der Waals surface area (Å²) in [4.78, 5) is 25.3. The molecule has 38 heavy (non-hydrogen) atoms. The van der Waals surface area contributed by atoms with Gasteiger partial charge in [-0.2, -0.15) is 13.2 Å². The summed E-state index contributed by atoms with van der Waals surface area (Å²) in [5.41, 5.74) is 1.95. The Bertz CT molecular complexity index is 1190. The summed E-state index contributed by atoms with van der Waals surface area (Å²) in [5, 5.41) is 2.47. The monoisotopic (exact) mass is 529 g/mol. The summed E-state index contributed by atoms with van der Waals surface area (Å²) >= 11 is 0. The fraction of sp³-hybridized carbons (Fsp3) is 0.533. The van der Waals surface area contributed by atoms with Gasteiger partial charge in [0.05, 0.1) is 19.3 Å². The zero-order valence-electron chi connectivity index (χ0n) is 21.8. The smallest absolute Gasteiger partial charge is 0.416 e. The minimum atomic E-state index is -4.43. The molecule has 204 valence electrons. The van der Waals surface area contributed by atoms with Crippen molar-refractivity contribution in [3.63, 3.8) is 0 Å². The molecule has 0 heterocycles. The summed E-state index contributed by atoms with van der Waals surface area (Å²) in [6.45, 7) is 2.35. The molecular formula is C30H34F3NO4. The highest BCUT2D eigenvalue weighted by atomic mass is 19.4. The molecule has 0 saturated heterocycles. The molecule has 3 aliphatic rings. The zero-order chi connectivity index (χ0) is 27.1. The second kappa shape index (κ2) is 10.3. The van der Waals surface area contributed by atoms with E-state index in [4.69, 9.17) is 9.47 Å². The number of nitrogens with one attached hydrogen (secondary N) is 1. The van der Waals surface area contributed by atoms with Gasteiger partial charge in [0.25, 0.3) is 0 Å². The summed E-state index contributed by atoms with van der Waals surface area (Å²) in [5.74, 6) is 2.77. The molecule has 0 aliphatic heterocycles. The number of alkyl halides is 3. The molecule has 5 unspecified atom stereocenters. The summed E-state index contributed by atoms with van der Waals surface area (Å²) in [7, 11) is 1.69. The van der Waals surface area contributed by atoms with Crippen LogP contribution in [-0.2, 0) is 22.1 Å². The number of aryl methyl sites for hydroxylation is 1. The van der Waals surface area contributed by atoms with Gasteiger partial charge in [-0.05, 0) is 110 Å². The maximum atomic E-state index is 13.2. The van der Waals surface area contributed by atoms with E-state index in [-0.39, 0.29) is 23.6 Å². The number of ketones is 1. The first-order valence-corrected chi connectivity index (χ1v) is 13.4. The van der Waals surface area contributed by atoms with E-state index < -0.39 is 17.8 Å². The summed E-state index contributed by atoms with van der Waals surface area (Å²) in [6.07, 6.45) is 0.897. The van der Waals surface area contributed by atoms with Gasteiger partial charge < -0.3 is 9.47 Å². The van der Waals surface area contributed by atoms with Gasteiger partial charge >= 0.3 is 12.3 Å². The Hall–Kier alpha value is -3.03. The Kier molecular flexibility index (Phi) is 7.18. The summed E-state index contributed by atoms with van der Waals surface area (Å²) in [6, 6.07) is 10.6. The third-order valence-electron chi connectivity index (χ3n) is 9.19. The van der Waals surface area contributed by atoms with Gasteiger partial charge in [-0.15, -0.1) is 0 Å². The maximum Gasteiger partial charge on any atom is 0.416 e. The molecule has 2 aromatic carbocycles. The number of hydrogen-bond acceptors (Lipinski definition) is 4. The van der Waals surface area contributed by atoms with Crippen LogP contribution in [0.1, 0.15) is 68.1 Å². The van der Waals surface area contributed by atoms with Crippen molar-refractivity contribution in [2.24, 2.45) is 23.2 Å². The highest BCUT2D eigenvalue weighted by molar-refractivity contribution is 5.87. The Morgan fingerprint density at radius 3 is 2.61 bits per heavy atom. The van der Waals surface area contributed by atoms with Crippen molar-refractivity contribution in [3.8, 4) is 5.75 Å². The van der Waals surface area contributed by atoms with E-state index in [0.29, 0.717) is 36.4 Å². The van der Waals surface area contributed by atoms with Crippen LogP contribution < -0.4 is 10.1 Å². The lowest BCUT2D eigenvalue weighted by atomic mass is 9.54. The fourth-order valence-corrected chi connectivity index (χ4v) is 7.42. The molecule has 0 radical (unpaired) electrons. The molecule has 5 atom stereocenters. The lowest BCUT2D eigenvalue weighted by Gasteiger charge is -2.50. The van der Waals surface area contributed by atoms with Crippen molar-refractivity contribution >= 4 is 17.6 Å². The third kappa shape index (κ3) is 5.02. The molecular weight excluding hydrogens is 495 g/mol. The second-order valence-corrected chi connectivity index (χ2v) is 11.2. The van der Waals surface area contributed by atoms with Gasteiger partial charge in [0.1, 0.15) is 11.5 Å². The number of halogens is 3. The van der Waals surface area contributed by atoms with E-state index >= 15 is 0 Å². The van der Waals surface area contributed by atoms with Crippen molar-refractivity contribution in [1.29, 1.82) is 0 Å². The third-order valence-corrected chi connectivity index (χ3v) is 9.19. The van der Waals surface area contributed by atoms with Gasteiger partial charge in [0.15, 0.2) is 0 Å². The Morgan fingerprint density at radius 1 is 1.13 bits per heavy atom. The first kappa shape index (κ1) is 26.6. The molecule has 2 aromatic rings. The number of ether oxygens (including phenoxy) is 2. The first-order valence-electron chi connectivity index (χ1n) is 13.4. The van der Waals surface area contributed by atoms with Crippen LogP contribution in [-0.4, -0.2) is 25.6 Å². The first-order chi connectivity index (χ1) is 18.1. The SMILES string of the molecule is COc1ccc2c(c1)CCC1C2CCC2(C)C(=O)CC(CCCOC(=O)Nc3ccc(C(F)(F)F)cc3)C12. The van der Waals surface area contributed by atoms with Crippen molar-refractivity contribution in [2.45, 2.75) is 64.0 Å². The number of Topliss-reactive ketones (excluding diaryl/α,β-unsaturated/α-hetero) is 1. The van der Waals surface area contributed by atoms with E-state index in [1.165, 1.54) is 23.3 Å². The molecule has 0 spiro atoms. The zero-order valence-corrected chi connectivity index (χ0v) is 21.8. The number of anilines is 1. The average Bonchev–Trinajstić information content (AvgIpc) is 3.15. The van der Waals surface area contributed by atoms with Gasteiger partial charge in [0, 0.05) is 17.5 Å². The van der Waals surface area contributed by atoms with E-state index in [1.54, 1.807) is 7.11 Å². The molecule has 2 fully saturated rings. The average molecular weight is 530 g/mol. The predicted molar refractivity (Wildman–Crippen MR) is 137 cm³/mol. The van der Waals surface area contributed by atoms with Crippen molar-refractivity contribution in [1.82, 2.24) is 0 Å². The number of fused-ring (bicyclic) bond motifs is 5. The maximum absolute atomic E-state index is 13.2. The second-order valence-electron chi connectivity index (χ2n) is 11.2. The number of amides is 1. The van der Waals surface area contributed by atoms with Crippen LogP contribution in [0, 0.1) is 23.2 Å². The molecule has 8 heteroatoms. The Balaban J connectivity index is 1.18. The van der Waals surface area contributed by atoms with Gasteiger partial charge in [0.2, 0.25) is 0 Å². The Morgan fingerprint density at radius 2 is 1.89 bits per heavy atom. The van der Waals surface area contributed by atoms with Crippen LogP contribution in [0.5, 0.6) is 5.75 Å². The van der Waals surface area contributed by atoms with Crippen LogP contribution in [0.4, 0.5) is 23.7 Å². The normalized spacial score (nSPS) is 28.2. The highest BCUT2D eigenvalue weighted by Gasteiger charge is 2.58. The number of methoxy groups -OCH3 is 1. The van der Waals surface area contributed by atoms with E-state index in [9.17, 15) is 22.8 Å². The van der Waals surface area contributed by atoms with E-state index in [1.807, 2.05) is 6.07 Å². The van der Waals surface area contributed by atoms with E-state index in [0.717, 1.165) is 50.0 Å². The lowest BCUT2D eigenvalue weighted by molar-refractivity contribution is -0.137. The van der Waals surface area contributed by atoms with Crippen LogP contribution in [0.25, 0.3) is 0 Å². The summed E-state index contributed by atoms with van der Waals surface area (Å²) < 4.78 is 48.9. The molecule has 5 nitrogen and oxygen atoms in total. The molecule has 1 amide bonds. The van der Waals surface area contributed by atoms with Crippen LogP contribution in [0.15, 0.2) is 42.5 Å². The number of rotatable bonds is 6. The molecule has 0 aromatic heterocycles. The molecule has 5 rings (SSSR count). The van der Waals surface area contributed by atoms with Crippen molar-refractivity contribution in [2.75, 3.05) is 19.0 Å². The van der Waals surface area contributed by atoms with Crippen LogP contribution in [0.2, 0.25) is 0 Å². The molecule has 3 aliphatic carbocycles. The highest BCUT2D eigenvalue weighted by Crippen LogP contribution is 2.62. The standard InChI is InChI=1S/C30H34F3NO4/c1-29-14-13-24-23-12-10-22(37-2)16-18(23)5-11-25(24)27(29)19(17-26(29)35)4-3-15-38-28(36)34-21-8-6-20(7-9-21)30(31,32)33/h6-10,12,16,19,24-25,27H,3-5,11,13-15,17H2,1-2H3,(H,34,36). The van der Waals surface area contributed by atoms with Gasteiger partial charge in [-0.25, -0.2) is 4.79 Å². The molecule has 2 saturated carbocycles. The minimum Gasteiger partial charge on any atom is -0.497 e. The minimum absolute atomic E-state index is 0.192. The topological polar surface area (TPSA) is 64.6 Å². The fourth-order valence-electron chi connectivity index (χ4n) is 7.42. The molecule has 1 N–H and O–H groups in total. The van der Waals surface area contributed by atoms with Gasteiger partial charge in [-0.1, -0.05) is 13.0 Å². The molecule has 0 bridgehead atoms. The lowest BCUT2D eigenvalue weighted by Crippen LogP contribution is -2.44. The number of benzene rings is 2. The number of carbonyl (C=O) groups excluding carboxylic acids is 2. The predicted octanol–water partition coefficient (Wildman–Crippen LogP) is 7.39. The number of hydrogen-bond donors (Lipinski definition) is 1. The van der Waals surface area contributed by atoms with E-state index in [2.05, 4.69) is 24.4 Å². The quantitative estimate of drug-likeness (QED) is 0.396. The Labute approximate surface area is 221 Å². The number of carbonyl (C=O) groups is 2. The van der Waals surface area contributed by atoms with Crippen LogP contribution in [0.3, 0.4) is 0 Å². The van der Waals surface area contributed by atoms with Crippen LogP contribution >= 0.6 is 0 Å². The van der Waals surface area contributed by atoms with Gasteiger partial charge in [-0.3, -0.25) is 10.1 Å². The largest absolute Gasteiger partial charge is 0.497 e. The van der Waals surface area contributed by atoms with Crippen molar-refractivity contribution < 1.29 is 32.2 Å². The van der Waals surface area contributed by atoms with Crippen molar-refractivity contribution in [3.05, 3.63) is 59.2 Å².